The molecule has 0 aliphatic carbocycles. The molecule has 5 heteroatoms. The Morgan fingerprint density at radius 3 is 2.40 bits per heavy atom. The smallest absolute Gasteiger partial charge is 0.377 e. The van der Waals surface area contributed by atoms with E-state index in [0.29, 0.717) is 11.3 Å². The molecule has 0 bridgehead atoms. The number of hydrogen-bond acceptors (Lipinski definition) is 3. The van der Waals surface area contributed by atoms with Crippen molar-refractivity contribution < 1.29 is 19.4 Å². The number of ether oxygens (including phenoxy) is 1. The van der Waals surface area contributed by atoms with Gasteiger partial charge in [0.05, 0.1) is 12.1 Å². The molecule has 0 saturated carbocycles. The molecule has 15 heavy (non-hydrogen) atoms. The summed E-state index contributed by atoms with van der Waals surface area (Å²) in [4.78, 5) is 21.6. The molecule has 0 radical (unpaired) electrons. The largest absolute Gasteiger partial charge is 0.495 e. The van der Waals surface area contributed by atoms with Crippen molar-refractivity contribution in [2.45, 2.75) is 6.92 Å². The van der Waals surface area contributed by atoms with Crippen molar-refractivity contribution in [2.24, 2.45) is 0 Å². The molecule has 0 atom stereocenters. The summed E-state index contributed by atoms with van der Waals surface area (Å²) in [5, 5.41) is 8.74. The number of aliphatic carboxylic acids is 1. The lowest BCUT2D eigenvalue weighted by atomic mass is 10.1. The topological polar surface area (TPSA) is 63.6 Å². The van der Waals surface area contributed by atoms with Gasteiger partial charge in [0.15, 0.2) is 0 Å². The second-order valence-electron chi connectivity index (χ2n) is 2.94. The fraction of sp³-hybridized carbons (Fsp3) is 0.200. The van der Waals surface area contributed by atoms with E-state index >= 15 is 0 Å². The van der Waals surface area contributed by atoms with Crippen LogP contribution in [0, 0.1) is 6.92 Å². The molecule has 0 unspecified atom stereocenters. The Labute approximate surface area is 91.4 Å². The van der Waals surface area contributed by atoms with Crippen molar-refractivity contribution in [3.8, 4) is 5.75 Å². The minimum absolute atomic E-state index is 0.0470. The van der Waals surface area contributed by atoms with Gasteiger partial charge in [-0.2, -0.15) is 0 Å². The maximum atomic E-state index is 11.1. The summed E-state index contributed by atoms with van der Waals surface area (Å²) in [6, 6.07) is 2.71. The Bertz CT molecular complexity index is 402. The van der Waals surface area contributed by atoms with E-state index in [1.54, 1.807) is 6.92 Å². The Balaban J connectivity index is 3.26. The summed E-state index contributed by atoms with van der Waals surface area (Å²) >= 11 is 5.81. The number of carboxylic acids is 1. The van der Waals surface area contributed by atoms with Gasteiger partial charge < -0.3 is 9.84 Å². The van der Waals surface area contributed by atoms with Crippen LogP contribution in [0.2, 0.25) is 5.02 Å². The first-order valence-electron chi connectivity index (χ1n) is 4.09. The number of benzene rings is 1. The predicted octanol–water partition coefficient (Wildman–Crippen LogP) is 1.92. The van der Waals surface area contributed by atoms with Gasteiger partial charge in [0.25, 0.3) is 5.78 Å². The van der Waals surface area contributed by atoms with E-state index in [0.717, 1.165) is 0 Å². The van der Waals surface area contributed by atoms with Crippen molar-refractivity contribution in [1.82, 2.24) is 0 Å². The van der Waals surface area contributed by atoms with Crippen molar-refractivity contribution in [1.29, 1.82) is 0 Å². The number of carbonyl (C=O) groups excluding carboxylic acids is 1. The van der Waals surface area contributed by atoms with E-state index in [-0.39, 0.29) is 10.6 Å². The molecular formula is C10H9ClO4. The van der Waals surface area contributed by atoms with E-state index in [1.165, 1.54) is 19.2 Å². The molecule has 1 rings (SSSR count). The monoisotopic (exact) mass is 228 g/mol. The van der Waals surface area contributed by atoms with Gasteiger partial charge in [-0.3, -0.25) is 4.79 Å². The SMILES string of the molecule is COc1c(C)cc(C(=O)C(=O)O)cc1Cl. The van der Waals surface area contributed by atoms with Gasteiger partial charge in [-0.25, -0.2) is 4.79 Å². The number of carbonyl (C=O) groups is 2. The summed E-state index contributed by atoms with van der Waals surface area (Å²) < 4.78 is 4.98. The van der Waals surface area contributed by atoms with E-state index in [1.807, 2.05) is 0 Å². The number of halogens is 1. The van der Waals surface area contributed by atoms with Crippen LogP contribution >= 0.6 is 11.6 Å². The first kappa shape index (κ1) is 11.5. The summed E-state index contributed by atoms with van der Waals surface area (Å²) in [7, 11) is 1.45. The van der Waals surface area contributed by atoms with Gasteiger partial charge in [0.1, 0.15) is 5.75 Å². The molecule has 1 aromatic carbocycles. The molecule has 1 aromatic rings. The van der Waals surface area contributed by atoms with Crippen LogP contribution in [0.4, 0.5) is 0 Å². The van der Waals surface area contributed by atoms with Crippen molar-refractivity contribution >= 4 is 23.4 Å². The minimum atomic E-state index is -1.50. The lowest BCUT2D eigenvalue weighted by Gasteiger charge is -2.08. The molecule has 0 aromatic heterocycles. The minimum Gasteiger partial charge on any atom is -0.495 e. The summed E-state index contributed by atoms with van der Waals surface area (Å²) in [6.07, 6.45) is 0. The number of hydrogen-bond donors (Lipinski definition) is 1. The Morgan fingerprint density at radius 2 is 2.00 bits per heavy atom. The Kier molecular flexibility index (Phi) is 3.31. The Hall–Kier alpha value is -1.55. The fourth-order valence-electron chi connectivity index (χ4n) is 1.24. The highest BCUT2D eigenvalue weighted by Gasteiger charge is 2.17. The zero-order valence-electron chi connectivity index (χ0n) is 8.20. The maximum Gasteiger partial charge on any atom is 0.377 e. The lowest BCUT2D eigenvalue weighted by molar-refractivity contribution is -0.131. The van der Waals surface area contributed by atoms with E-state index in [4.69, 9.17) is 21.4 Å². The molecule has 0 heterocycles. The lowest BCUT2D eigenvalue weighted by Crippen LogP contribution is -2.13. The standard InChI is InChI=1S/C10H9ClO4/c1-5-3-6(8(12)10(13)14)4-7(11)9(5)15-2/h3-4H,1-2H3,(H,13,14). The quantitative estimate of drug-likeness (QED) is 0.634. The van der Waals surface area contributed by atoms with Crippen LogP contribution in [0.15, 0.2) is 12.1 Å². The highest BCUT2D eigenvalue weighted by molar-refractivity contribution is 6.41. The van der Waals surface area contributed by atoms with E-state index < -0.39 is 11.8 Å². The molecule has 0 aliphatic rings. The summed E-state index contributed by atoms with van der Waals surface area (Å²) in [6.45, 7) is 1.68. The zero-order valence-corrected chi connectivity index (χ0v) is 8.96. The van der Waals surface area contributed by atoms with Crippen LogP contribution in [0.3, 0.4) is 0 Å². The van der Waals surface area contributed by atoms with Gasteiger partial charge in [0.2, 0.25) is 0 Å². The van der Waals surface area contributed by atoms with Crippen molar-refractivity contribution in [3.05, 3.63) is 28.3 Å². The molecule has 1 N–H and O–H groups in total. The first-order chi connectivity index (χ1) is 6.97. The van der Waals surface area contributed by atoms with Crippen molar-refractivity contribution in [2.75, 3.05) is 7.11 Å². The predicted molar refractivity (Wildman–Crippen MR) is 54.7 cm³/mol. The molecule has 0 fully saturated rings. The number of methoxy groups -OCH3 is 1. The van der Waals surface area contributed by atoms with Gasteiger partial charge >= 0.3 is 5.97 Å². The number of ketones is 1. The van der Waals surface area contributed by atoms with Gasteiger partial charge in [-0.1, -0.05) is 11.6 Å². The number of carboxylic acid groups (broad SMARTS) is 1. The highest BCUT2D eigenvalue weighted by atomic mass is 35.5. The van der Waals surface area contributed by atoms with Crippen LogP contribution in [-0.4, -0.2) is 24.0 Å². The number of Topliss-reactive ketones (excluding diaryl/α,β-unsaturated/α-hetero) is 1. The maximum absolute atomic E-state index is 11.1. The summed E-state index contributed by atoms with van der Waals surface area (Å²) in [5.74, 6) is -2.04. The van der Waals surface area contributed by atoms with Crippen LogP contribution in [-0.2, 0) is 4.79 Å². The first-order valence-corrected chi connectivity index (χ1v) is 4.47. The molecular weight excluding hydrogens is 220 g/mol. The molecule has 0 saturated heterocycles. The van der Waals surface area contributed by atoms with E-state index in [9.17, 15) is 9.59 Å². The average Bonchev–Trinajstić information content (AvgIpc) is 2.15. The van der Waals surface area contributed by atoms with Gasteiger partial charge in [-0.15, -0.1) is 0 Å². The molecule has 0 spiro atoms. The van der Waals surface area contributed by atoms with Gasteiger partial charge in [0, 0.05) is 5.56 Å². The summed E-state index contributed by atoms with van der Waals surface area (Å²) in [5.41, 5.74) is 0.667. The number of aryl methyl sites for hydroxylation is 1. The van der Waals surface area contributed by atoms with E-state index in [2.05, 4.69) is 0 Å². The fourth-order valence-corrected chi connectivity index (χ4v) is 1.59. The third-order valence-electron chi connectivity index (χ3n) is 1.89. The molecule has 0 aliphatic heterocycles. The van der Waals surface area contributed by atoms with Crippen molar-refractivity contribution in [3.63, 3.8) is 0 Å². The third-order valence-corrected chi connectivity index (χ3v) is 2.17. The molecule has 4 nitrogen and oxygen atoms in total. The third kappa shape index (κ3) is 2.27. The average molecular weight is 229 g/mol. The second kappa shape index (κ2) is 4.31. The number of rotatable bonds is 3. The molecule has 80 valence electrons. The zero-order chi connectivity index (χ0) is 11.6. The van der Waals surface area contributed by atoms with Gasteiger partial charge in [-0.05, 0) is 24.6 Å². The van der Waals surface area contributed by atoms with Crippen LogP contribution in [0.5, 0.6) is 5.75 Å². The van der Waals surface area contributed by atoms with Crippen LogP contribution in [0.25, 0.3) is 0 Å². The van der Waals surface area contributed by atoms with Crippen LogP contribution in [0.1, 0.15) is 15.9 Å². The second-order valence-corrected chi connectivity index (χ2v) is 3.35. The normalized spacial score (nSPS) is 9.80. The highest BCUT2D eigenvalue weighted by Crippen LogP contribution is 2.29. The molecule has 0 amide bonds. The van der Waals surface area contributed by atoms with Crippen LogP contribution < -0.4 is 4.74 Å². The Morgan fingerprint density at radius 1 is 1.40 bits per heavy atom.